The summed E-state index contributed by atoms with van der Waals surface area (Å²) in [4.78, 5) is 12.9. The molecule has 0 fully saturated rings. The molecule has 1 aromatic carbocycles. The summed E-state index contributed by atoms with van der Waals surface area (Å²) in [5.41, 5.74) is -0.252. The smallest absolute Gasteiger partial charge is 0.418 e. The zero-order chi connectivity index (χ0) is 17.9. The molecule has 2 heterocycles. The number of ether oxygens (including phenoxy) is 1. The van der Waals surface area contributed by atoms with Crippen LogP contribution in [0.4, 0.5) is 13.2 Å². The van der Waals surface area contributed by atoms with E-state index in [1.165, 1.54) is 29.5 Å². The van der Waals surface area contributed by atoms with Crippen LogP contribution in [0.3, 0.4) is 0 Å². The van der Waals surface area contributed by atoms with E-state index >= 15 is 0 Å². The number of nitrogens with one attached hydrogen (secondary N) is 1. The maximum absolute atomic E-state index is 12.4. The van der Waals surface area contributed by atoms with Gasteiger partial charge >= 0.3 is 6.36 Å². The van der Waals surface area contributed by atoms with E-state index in [4.69, 9.17) is 4.42 Å². The molecule has 0 atom stereocenters. The second kappa shape index (κ2) is 6.93. The first-order valence-corrected chi connectivity index (χ1v) is 7.79. The molecule has 0 saturated heterocycles. The number of aromatic nitrogens is 2. The van der Waals surface area contributed by atoms with Gasteiger partial charge in [0.25, 0.3) is 11.8 Å². The molecule has 0 aliphatic carbocycles. The van der Waals surface area contributed by atoms with E-state index in [0.717, 1.165) is 10.9 Å². The molecule has 6 nitrogen and oxygen atoms in total. The largest absolute Gasteiger partial charge is 0.573 e. The van der Waals surface area contributed by atoms with Crippen molar-refractivity contribution in [3.8, 4) is 16.5 Å². The third-order valence-electron chi connectivity index (χ3n) is 2.96. The van der Waals surface area contributed by atoms with Crippen LogP contribution in [0.2, 0.25) is 0 Å². The number of thiophene rings is 1. The van der Waals surface area contributed by atoms with Crippen molar-refractivity contribution in [2.45, 2.75) is 12.9 Å². The Morgan fingerprint density at radius 2 is 2.00 bits per heavy atom. The predicted octanol–water partition coefficient (Wildman–Crippen LogP) is 3.63. The molecule has 130 valence electrons. The molecular weight excluding hydrogens is 359 g/mol. The Bertz CT molecular complexity index is 862. The minimum atomic E-state index is -4.89. The molecule has 0 aliphatic heterocycles. The standard InChI is InChI=1S/C15H10F3N3O3S/c16-15(17,18)24-10-5-2-1-4-9(10)13(22)19-8-12-20-21-14(23-12)11-6-3-7-25-11/h1-7H,8H2,(H,19,22). The molecular formula is C15H10F3N3O3S. The summed E-state index contributed by atoms with van der Waals surface area (Å²) in [6.45, 7) is -0.127. The molecule has 10 heteroatoms. The van der Waals surface area contributed by atoms with E-state index in [1.807, 2.05) is 11.4 Å². The van der Waals surface area contributed by atoms with Crippen LogP contribution in [0, 0.1) is 0 Å². The van der Waals surface area contributed by atoms with Crippen LogP contribution in [0.15, 0.2) is 46.2 Å². The lowest BCUT2D eigenvalue weighted by Crippen LogP contribution is -2.25. The van der Waals surface area contributed by atoms with Crippen molar-refractivity contribution in [1.29, 1.82) is 0 Å². The van der Waals surface area contributed by atoms with Crippen LogP contribution in [-0.2, 0) is 6.54 Å². The van der Waals surface area contributed by atoms with Crippen molar-refractivity contribution < 1.29 is 27.1 Å². The summed E-state index contributed by atoms with van der Waals surface area (Å²) in [7, 11) is 0. The van der Waals surface area contributed by atoms with Crippen LogP contribution in [0.5, 0.6) is 5.75 Å². The highest BCUT2D eigenvalue weighted by molar-refractivity contribution is 7.13. The molecule has 0 saturated carbocycles. The van der Waals surface area contributed by atoms with E-state index in [9.17, 15) is 18.0 Å². The van der Waals surface area contributed by atoms with Gasteiger partial charge in [0.05, 0.1) is 17.0 Å². The topological polar surface area (TPSA) is 77.3 Å². The monoisotopic (exact) mass is 369 g/mol. The average molecular weight is 369 g/mol. The first-order valence-electron chi connectivity index (χ1n) is 6.91. The molecule has 0 radical (unpaired) electrons. The number of carbonyl (C=O) groups is 1. The van der Waals surface area contributed by atoms with Crippen molar-refractivity contribution in [2.24, 2.45) is 0 Å². The second-order valence-corrected chi connectivity index (χ2v) is 5.65. The number of benzene rings is 1. The Labute approximate surface area is 143 Å². The second-order valence-electron chi connectivity index (χ2n) is 4.70. The number of alkyl halides is 3. The number of para-hydroxylation sites is 1. The third kappa shape index (κ3) is 4.35. The Hall–Kier alpha value is -2.88. The van der Waals surface area contributed by atoms with Gasteiger partial charge in [0, 0.05) is 0 Å². The predicted molar refractivity (Wildman–Crippen MR) is 81.9 cm³/mol. The number of hydrogen-bond acceptors (Lipinski definition) is 6. The van der Waals surface area contributed by atoms with E-state index in [2.05, 4.69) is 20.3 Å². The molecule has 2 aromatic heterocycles. The van der Waals surface area contributed by atoms with E-state index in [-0.39, 0.29) is 18.0 Å². The van der Waals surface area contributed by atoms with Gasteiger partial charge in [0.2, 0.25) is 5.89 Å². The van der Waals surface area contributed by atoms with E-state index < -0.39 is 18.0 Å². The average Bonchev–Trinajstić information content (AvgIpc) is 3.23. The zero-order valence-corrected chi connectivity index (χ0v) is 13.2. The number of nitrogens with zero attached hydrogens (tertiary/aromatic N) is 2. The van der Waals surface area contributed by atoms with Gasteiger partial charge in [-0.15, -0.1) is 34.7 Å². The molecule has 0 aliphatic rings. The van der Waals surface area contributed by atoms with Gasteiger partial charge < -0.3 is 14.5 Å². The Morgan fingerprint density at radius 1 is 1.20 bits per heavy atom. The Morgan fingerprint density at radius 3 is 2.72 bits per heavy atom. The van der Waals surface area contributed by atoms with Gasteiger partial charge in [-0.25, -0.2) is 0 Å². The van der Waals surface area contributed by atoms with Crippen LogP contribution in [-0.4, -0.2) is 22.5 Å². The first-order chi connectivity index (χ1) is 11.9. The molecule has 3 rings (SSSR count). The van der Waals surface area contributed by atoms with Gasteiger partial charge in [-0.2, -0.15) is 0 Å². The van der Waals surface area contributed by atoms with Crippen molar-refractivity contribution in [3.05, 3.63) is 53.2 Å². The molecule has 0 bridgehead atoms. The quantitative estimate of drug-likeness (QED) is 0.743. The fraction of sp³-hybridized carbons (Fsp3) is 0.133. The highest BCUT2D eigenvalue weighted by atomic mass is 32.1. The lowest BCUT2D eigenvalue weighted by Gasteiger charge is -2.12. The van der Waals surface area contributed by atoms with Gasteiger partial charge in [-0.05, 0) is 23.6 Å². The zero-order valence-electron chi connectivity index (χ0n) is 12.4. The fourth-order valence-corrected chi connectivity index (χ4v) is 2.59. The molecule has 0 unspecified atom stereocenters. The SMILES string of the molecule is O=C(NCc1nnc(-c2cccs2)o1)c1ccccc1OC(F)(F)F. The van der Waals surface area contributed by atoms with Crippen molar-refractivity contribution in [1.82, 2.24) is 15.5 Å². The summed E-state index contributed by atoms with van der Waals surface area (Å²) < 4.78 is 46.4. The van der Waals surface area contributed by atoms with Crippen LogP contribution < -0.4 is 10.1 Å². The lowest BCUT2D eigenvalue weighted by molar-refractivity contribution is -0.274. The maximum atomic E-state index is 12.4. The van der Waals surface area contributed by atoms with Gasteiger partial charge in [-0.1, -0.05) is 18.2 Å². The molecule has 0 spiro atoms. The highest BCUT2D eigenvalue weighted by Gasteiger charge is 2.32. The van der Waals surface area contributed by atoms with Gasteiger partial charge in [0.15, 0.2) is 0 Å². The fourth-order valence-electron chi connectivity index (χ4n) is 1.94. The normalized spacial score (nSPS) is 11.3. The Kier molecular flexibility index (Phi) is 4.70. The summed E-state index contributed by atoms with van der Waals surface area (Å²) >= 11 is 1.41. The summed E-state index contributed by atoms with van der Waals surface area (Å²) in [6, 6.07) is 8.67. The van der Waals surface area contributed by atoms with Crippen LogP contribution in [0.1, 0.15) is 16.2 Å². The van der Waals surface area contributed by atoms with E-state index in [1.54, 1.807) is 6.07 Å². The van der Waals surface area contributed by atoms with Crippen LogP contribution >= 0.6 is 11.3 Å². The summed E-state index contributed by atoms with van der Waals surface area (Å²) in [6.07, 6.45) is -4.89. The Balaban J connectivity index is 1.67. The molecule has 3 aromatic rings. The molecule has 1 amide bonds. The number of hydrogen-bond donors (Lipinski definition) is 1. The minimum Gasteiger partial charge on any atom is -0.418 e. The highest BCUT2D eigenvalue weighted by Crippen LogP contribution is 2.26. The molecule has 25 heavy (non-hydrogen) atoms. The summed E-state index contributed by atoms with van der Waals surface area (Å²) in [5.74, 6) is -0.904. The lowest BCUT2D eigenvalue weighted by atomic mass is 10.2. The number of rotatable bonds is 5. The van der Waals surface area contributed by atoms with Gasteiger partial charge in [0.1, 0.15) is 5.75 Å². The number of amides is 1. The first kappa shape index (κ1) is 17.0. The van der Waals surface area contributed by atoms with Gasteiger partial charge in [-0.3, -0.25) is 4.79 Å². The number of halogens is 3. The maximum Gasteiger partial charge on any atom is 0.573 e. The molecule has 1 N–H and O–H groups in total. The van der Waals surface area contributed by atoms with E-state index in [0.29, 0.717) is 5.89 Å². The number of carbonyl (C=O) groups excluding carboxylic acids is 1. The van der Waals surface area contributed by atoms with Crippen molar-refractivity contribution in [2.75, 3.05) is 0 Å². The van der Waals surface area contributed by atoms with Crippen LogP contribution in [0.25, 0.3) is 10.8 Å². The van der Waals surface area contributed by atoms with Crippen molar-refractivity contribution in [3.63, 3.8) is 0 Å². The third-order valence-corrected chi connectivity index (χ3v) is 3.81. The van der Waals surface area contributed by atoms with Crippen molar-refractivity contribution >= 4 is 17.2 Å². The summed E-state index contributed by atoms with van der Waals surface area (Å²) in [5, 5.41) is 11.9. The minimum absolute atomic E-state index is 0.127.